The van der Waals surface area contributed by atoms with E-state index in [1.165, 1.54) is 25.1 Å². The zero-order chi connectivity index (χ0) is 30.8. The van der Waals surface area contributed by atoms with Crippen LogP contribution in [0.2, 0.25) is 0 Å². The second-order valence-electron chi connectivity index (χ2n) is 9.74. The Bertz CT molecular complexity index is 1740. The summed E-state index contributed by atoms with van der Waals surface area (Å²) in [5, 5.41) is 0. The molecule has 2 aliphatic heterocycles. The summed E-state index contributed by atoms with van der Waals surface area (Å²) in [7, 11) is -4.26. The van der Waals surface area contributed by atoms with Gasteiger partial charge >= 0.3 is 12.4 Å². The van der Waals surface area contributed by atoms with Crippen molar-refractivity contribution in [3.8, 4) is 34.0 Å². The third-order valence-electron chi connectivity index (χ3n) is 7.05. The van der Waals surface area contributed by atoms with Crippen molar-refractivity contribution >= 4 is 9.84 Å². The first-order valence-electron chi connectivity index (χ1n) is 12.3. The lowest BCUT2D eigenvalue weighted by molar-refractivity contribution is -0.161. The van der Waals surface area contributed by atoms with Gasteiger partial charge in [-0.05, 0) is 37.1 Å². The van der Waals surface area contributed by atoms with E-state index < -0.39 is 85.4 Å². The van der Waals surface area contributed by atoms with Crippen molar-refractivity contribution in [3.63, 3.8) is 0 Å². The van der Waals surface area contributed by atoms with Crippen LogP contribution in [0.3, 0.4) is 0 Å². The normalized spacial score (nSPS) is 15.5. The Morgan fingerprint density at radius 2 is 1.69 bits per heavy atom. The van der Waals surface area contributed by atoms with Gasteiger partial charge in [0.2, 0.25) is 0 Å². The number of nitrogens with zero attached hydrogens (tertiary/aromatic N) is 4. The van der Waals surface area contributed by atoms with Crippen LogP contribution in [0.25, 0.3) is 34.0 Å². The predicted molar refractivity (Wildman–Crippen MR) is 131 cm³/mol. The van der Waals surface area contributed by atoms with E-state index >= 15 is 4.39 Å². The molecule has 0 bridgehead atoms. The molecule has 0 atom stereocenters. The molecule has 1 aliphatic carbocycles. The standard InChI is InChI=1S/C26H19F9N4O2S/c1-2-42(40,41)17-8-13(15-4-3-5-18(37-15)24(6-7-24)26(33,34)35)10-36-21(17)22-20(29)23-16(38-22)9-14(25(30,31)32)11-39(23)12-19(27)28/h3-5,8-11,19H,2,6-7,12H2,1H3. The van der Waals surface area contributed by atoms with Crippen molar-refractivity contribution in [2.45, 2.75) is 55.4 Å². The highest BCUT2D eigenvalue weighted by Gasteiger charge is 2.65. The molecule has 1 saturated carbocycles. The topological polar surface area (TPSA) is 77.7 Å². The second-order valence-corrected chi connectivity index (χ2v) is 12.0. The number of rotatable bonds is 7. The smallest absolute Gasteiger partial charge is 0.337 e. The summed E-state index contributed by atoms with van der Waals surface area (Å²) >= 11 is 0. The average Bonchev–Trinajstić information content (AvgIpc) is 3.67. The first-order valence-corrected chi connectivity index (χ1v) is 14.0. The van der Waals surface area contributed by atoms with E-state index in [9.17, 15) is 43.5 Å². The molecular weight excluding hydrogens is 603 g/mol. The van der Waals surface area contributed by atoms with Gasteiger partial charge in [0.25, 0.3) is 6.43 Å². The van der Waals surface area contributed by atoms with Gasteiger partial charge in [0.1, 0.15) is 22.5 Å². The van der Waals surface area contributed by atoms with Gasteiger partial charge in [-0.3, -0.25) is 9.97 Å². The molecule has 3 aliphatic rings. The van der Waals surface area contributed by atoms with Crippen LogP contribution >= 0.6 is 0 Å². The van der Waals surface area contributed by atoms with Crippen molar-refractivity contribution in [1.29, 1.82) is 0 Å². The van der Waals surface area contributed by atoms with E-state index in [-0.39, 0.29) is 29.8 Å². The lowest BCUT2D eigenvalue weighted by atomic mass is 10.00. The lowest BCUT2D eigenvalue weighted by Crippen LogP contribution is -2.29. The molecule has 224 valence electrons. The molecule has 0 saturated heterocycles. The van der Waals surface area contributed by atoms with Gasteiger partial charge in [0, 0.05) is 18.0 Å². The molecule has 0 N–H and O–H groups in total. The summed E-state index contributed by atoms with van der Waals surface area (Å²) in [4.78, 5) is 11.3. The molecule has 1 fully saturated rings. The molecular formula is C26H19F9N4O2S. The Morgan fingerprint density at radius 1 is 1.00 bits per heavy atom. The molecule has 0 amide bonds. The average molecular weight is 623 g/mol. The Labute approximate surface area is 232 Å². The third kappa shape index (κ3) is 5.09. The van der Waals surface area contributed by atoms with Crippen molar-refractivity contribution in [1.82, 2.24) is 19.5 Å². The minimum absolute atomic E-state index is 0.0331. The summed E-state index contributed by atoms with van der Waals surface area (Å²) in [5.41, 5.74) is -6.67. The molecule has 5 rings (SSSR count). The quantitative estimate of drug-likeness (QED) is 0.209. The predicted octanol–water partition coefficient (Wildman–Crippen LogP) is 6.92. The Kier molecular flexibility index (Phi) is 7.06. The SMILES string of the molecule is CCS(=O)(=O)c1cc(-c2cccc(C3(C(F)(F)F)CC3)n2)cnc1-c1nc2cc(C(F)(F)F)cn(CC(F)F)c-2c1F. The fourth-order valence-electron chi connectivity index (χ4n) is 4.67. The fourth-order valence-corrected chi connectivity index (χ4v) is 5.73. The van der Waals surface area contributed by atoms with Gasteiger partial charge in [-0.2, -0.15) is 26.3 Å². The zero-order valence-corrected chi connectivity index (χ0v) is 22.2. The van der Waals surface area contributed by atoms with Crippen molar-refractivity contribution in [2.24, 2.45) is 0 Å². The second kappa shape index (κ2) is 9.95. The maximum atomic E-state index is 15.7. The van der Waals surface area contributed by atoms with Crippen LogP contribution < -0.4 is 0 Å². The van der Waals surface area contributed by atoms with Gasteiger partial charge in [-0.15, -0.1) is 0 Å². The molecule has 0 unspecified atom stereocenters. The molecule has 2 aromatic heterocycles. The van der Waals surface area contributed by atoms with Crippen LogP contribution in [0, 0.1) is 5.82 Å². The van der Waals surface area contributed by atoms with Crippen molar-refractivity contribution in [3.05, 3.63) is 59.8 Å². The summed E-state index contributed by atoms with van der Waals surface area (Å²) < 4.78 is 150. The Hall–Kier alpha value is -3.69. The largest absolute Gasteiger partial charge is 0.417 e. The zero-order valence-electron chi connectivity index (χ0n) is 21.4. The van der Waals surface area contributed by atoms with E-state index in [2.05, 4.69) is 15.0 Å². The van der Waals surface area contributed by atoms with E-state index in [0.717, 1.165) is 12.3 Å². The van der Waals surface area contributed by atoms with Gasteiger partial charge in [0.05, 0.1) is 39.8 Å². The fraction of sp³-hybridized carbons (Fsp3) is 0.346. The number of sulfone groups is 1. The number of halogens is 9. The molecule has 42 heavy (non-hydrogen) atoms. The van der Waals surface area contributed by atoms with Crippen molar-refractivity contribution in [2.75, 3.05) is 5.75 Å². The molecule has 4 heterocycles. The number of pyridine rings is 3. The maximum Gasteiger partial charge on any atom is 0.417 e. The van der Waals surface area contributed by atoms with Gasteiger partial charge < -0.3 is 4.57 Å². The highest BCUT2D eigenvalue weighted by molar-refractivity contribution is 7.91. The first-order chi connectivity index (χ1) is 19.5. The number of aromatic nitrogens is 4. The molecule has 0 aromatic carbocycles. The summed E-state index contributed by atoms with van der Waals surface area (Å²) in [6.45, 7) is -0.0568. The number of hydrogen-bond acceptors (Lipinski definition) is 5. The minimum atomic E-state index is -4.99. The molecule has 2 aromatic rings. The van der Waals surface area contributed by atoms with E-state index in [1.807, 2.05) is 0 Å². The third-order valence-corrected chi connectivity index (χ3v) is 8.79. The van der Waals surface area contributed by atoms with Gasteiger partial charge in [0.15, 0.2) is 15.7 Å². The van der Waals surface area contributed by atoms with Crippen LogP contribution in [0.15, 0.2) is 47.6 Å². The monoisotopic (exact) mass is 622 g/mol. The molecule has 0 radical (unpaired) electrons. The van der Waals surface area contributed by atoms with Crippen LogP contribution in [-0.2, 0) is 28.0 Å². The number of fused-ring (bicyclic) bond motifs is 1. The van der Waals surface area contributed by atoms with Gasteiger partial charge in [-0.25, -0.2) is 26.6 Å². The highest BCUT2D eigenvalue weighted by atomic mass is 32.2. The van der Waals surface area contributed by atoms with E-state index in [0.29, 0.717) is 16.8 Å². The van der Waals surface area contributed by atoms with Crippen LogP contribution in [-0.4, -0.2) is 46.3 Å². The number of hydrogen-bond donors (Lipinski definition) is 0. The molecule has 6 nitrogen and oxygen atoms in total. The summed E-state index contributed by atoms with van der Waals surface area (Å²) in [5.74, 6) is -1.92. The number of alkyl halides is 8. The van der Waals surface area contributed by atoms with E-state index in [4.69, 9.17) is 0 Å². The lowest BCUT2D eigenvalue weighted by Gasteiger charge is -2.19. The highest BCUT2D eigenvalue weighted by Crippen LogP contribution is 2.58. The van der Waals surface area contributed by atoms with Crippen molar-refractivity contribution < 1.29 is 47.9 Å². The van der Waals surface area contributed by atoms with Crippen LogP contribution in [0.1, 0.15) is 31.0 Å². The Morgan fingerprint density at radius 3 is 2.26 bits per heavy atom. The Balaban J connectivity index is 1.70. The first kappa shape index (κ1) is 29.8. The van der Waals surface area contributed by atoms with Crippen LogP contribution in [0.5, 0.6) is 0 Å². The molecule has 16 heteroatoms. The molecule has 0 spiro atoms. The minimum Gasteiger partial charge on any atom is -0.337 e. The van der Waals surface area contributed by atoms with E-state index in [1.54, 1.807) is 0 Å². The van der Waals surface area contributed by atoms with Crippen LogP contribution in [0.4, 0.5) is 39.5 Å². The summed E-state index contributed by atoms with van der Waals surface area (Å²) in [6.07, 6.45) is -11.7. The maximum absolute atomic E-state index is 15.7. The van der Waals surface area contributed by atoms with Gasteiger partial charge in [-0.1, -0.05) is 13.0 Å². The summed E-state index contributed by atoms with van der Waals surface area (Å²) in [6, 6.07) is 5.30.